The number of anilines is 2. The van der Waals surface area contributed by atoms with E-state index in [0.29, 0.717) is 11.6 Å². The average Bonchev–Trinajstić information content (AvgIpc) is 2.56. The smallest absolute Gasteiger partial charge is 0.198 e. The van der Waals surface area contributed by atoms with E-state index in [-0.39, 0.29) is 5.96 Å². The molecular formula is C19H18N4O. The van der Waals surface area contributed by atoms with Crippen LogP contribution in [-0.2, 0) is 0 Å². The first kappa shape index (κ1) is 15.6. The number of rotatable bonds is 4. The lowest BCUT2D eigenvalue weighted by atomic mass is 10.3. The van der Waals surface area contributed by atoms with Crippen LogP contribution in [0.15, 0.2) is 72.9 Å². The maximum Gasteiger partial charge on any atom is 0.198 e. The Morgan fingerprint density at radius 1 is 0.917 bits per heavy atom. The predicted molar refractivity (Wildman–Crippen MR) is 96.9 cm³/mol. The molecule has 0 amide bonds. The van der Waals surface area contributed by atoms with Gasteiger partial charge in [-0.1, -0.05) is 24.3 Å². The van der Waals surface area contributed by atoms with Crippen molar-refractivity contribution in [3.05, 3.63) is 78.5 Å². The molecule has 3 rings (SSSR count). The molecule has 0 atom stereocenters. The Bertz CT molecular complexity index is 834. The zero-order valence-electron chi connectivity index (χ0n) is 13.3. The monoisotopic (exact) mass is 318 g/mol. The fourth-order valence-electron chi connectivity index (χ4n) is 2.17. The highest BCUT2D eigenvalue weighted by Crippen LogP contribution is 2.23. The lowest BCUT2D eigenvalue weighted by molar-refractivity contribution is 0.483. The van der Waals surface area contributed by atoms with Crippen molar-refractivity contribution in [2.75, 3.05) is 10.6 Å². The standard InChI is InChI=1S/C19H18N4O/c1-14-10-11-21-18(12-14)23-19(20)22-15-6-5-9-17(13-15)24-16-7-3-2-4-8-16/h2-13H,1H3,(H3,20,21,22,23). The minimum absolute atomic E-state index is 0.143. The van der Waals surface area contributed by atoms with Gasteiger partial charge in [0.1, 0.15) is 17.3 Å². The molecule has 5 heteroatoms. The molecule has 3 N–H and O–H groups in total. The second-order valence-electron chi connectivity index (χ2n) is 5.29. The fourth-order valence-corrected chi connectivity index (χ4v) is 2.17. The van der Waals surface area contributed by atoms with Gasteiger partial charge in [-0.15, -0.1) is 0 Å². The first-order chi connectivity index (χ1) is 11.7. The molecule has 0 unspecified atom stereocenters. The molecule has 1 aromatic heterocycles. The molecule has 0 saturated heterocycles. The third-order valence-corrected chi connectivity index (χ3v) is 3.25. The van der Waals surface area contributed by atoms with E-state index in [1.165, 1.54) is 0 Å². The van der Waals surface area contributed by atoms with Crippen LogP contribution in [0.4, 0.5) is 11.5 Å². The molecule has 0 radical (unpaired) electrons. The number of nitrogens with one attached hydrogen (secondary N) is 3. The van der Waals surface area contributed by atoms with E-state index in [4.69, 9.17) is 10.1 Å². The van der Waals surface area contributed by atoms with Crippen LogP contribution < -0.4 is 15.4 Å². The van der Waals surface area contributed by atoms with E-state index in [1.54, 1.807) is 6.20 Å². The molecule has 0 aliphatic heterocycles. The predicted octanol–water partition coefficient (Wildman–Crippen LogP) is 4.64. The van der Waals surface area contributed by atoms with Crippen molar-refractivity contribution in [1.82, 2.24) is 4.98 Å². The van der Waals surface area contributed by atoms with Crippen molar-refractivity contribution >= 4 is 17.5 Å². The fraction of sp³-hybridized carbons (Fsp3) is 0.0526. The van der Waals surface area contributed by atoms with E-state index in [2.05, 4.69) is 15.6 Å². The minimum atomic E-state index is 0.143. The largest absolute Gasteiger partial charge is 0.457 e. The van der Waals surface area contributed by atoms with Gasteiger partial charge in [0.25, 0.3) is 0 Å². The molecule has 0 aliphatic rings. The summed E-state index contributed by atoms with van der Waals surface area (Å²) in [5, 5.41) is 13.9. The number of pyridine rings is 1. The SMILES string of the molecule is Cc1ccnc(NC(=N)Nc2cccc(Oc3ccccc3)c2)c1. The summed E-state index contributed by atoms with van der Waals surface area (Å²) < 4.78 is 5.79. The van der Waals surface area contributed by atoms with Crippen LogP contribution in [0.2, 0.25) is 0 Å². The molecule has 0 aliphatic carbocycles. The van der Waals surface area contributed by atoms with E-state index in [1.807, 2.05) is 73.7 Å². The van der Waals surface area contributed by atoms with Gasteiger partial charge in [-0.05, 0) is 48.9 Å². The van der Waals surface area contributed by atoms with Crippen LogP contribution in [0, 0.1) is 12.3 Å². The summed E-state index contributed by atoms with van der Waals surface area (Å²) in [5.74, 6) is 2.24. The van der Waals surface area contributed by atoms with Crippen LogP contribution in [0.5, 0.6) is 11.5 Å². The van der Waals surface area contributed by atoms with E-state index in [0.717, 1.165) is 17.0 Å². The molecular weight excluding hydrogens is 300 g/mol. The topological polar surface area (TPSA) is 70.0 Å². The van der Waals surface area contributed by atoms with Gasteiger partial charge in [0, 0.05) is 18.0 Å². The number of hydrogen-bond donors (Lipinski definition) is 3. The van der Waals surface area contributed by atoms with Crippen LogP contribution in [0.1, 0.15) is 5.56 Å². The van der Waals surface area contributed by atoms with Crippen LogP contribution in [0.25, 0.3) is 0 Å². The lowest BCUT2D eigenvalue weighted by Gasteiger charge is -2.11. The first-order valence-electron chi connectivity index (χ1n) is 7.57. The highest BCUT2D eigenvalue weighted by Gasteiger charge is 2.03. The Kier molecular flexibility index (Phi) is 4.72. The Morgan fingerprint density at radius 2 is 1.71 bits per heavy atom. The van der Waals surface area contributed by atoms with Crippen molar-refractivity contribution < 1.29 is 4.74 Å². The second-order valence-corrected chi connectivity index (χ2v) is 5.29. The van der Waals surface area contributed by atoms with E-state index in [9.17, 15) is 0 Å². The van der Waals surface area contributed by atoms with Crippen molar-refractivity contribution in [2.45, 2.75) is 6.92 Å². The van der Waals surface area contributed by atoms with Gasteiger partial charge in [0.05, 0.1) is 0 Å². The maximum absolute atomic E-state index is 8.02. The summed E-state index contributed by atoms with van der Waals surface area (Å²) in [6.07, 6.45) is 1.71. The number of aromatic nitrogens is 1. The number of para-hydroxylation sites is 1. The summed E-state index contributed by atoms with van der Waals surface area (Å²) in [5.41, 5.74) is 1.84. The average molecular weight is 318 g/mol. The quantitative estimate of drug-likeness (QED) is 0.484. The van der Waals surface area contributed by atoms with Gasteiger partial charge in [-0.25, -0.2) is 4.98 Å². The molecule has 5 nitrogen and oxygen atoms in total. The minimum Gasteiger partial charge on any atom is -0.457 e. The normalized spacial score (nSPS) is 10.0. The highest BCUT2D eigenvalue weighted by molar-refractivity contribution is 6.00. The van der Waals surface area contributed by atoms with Crippen LogP contribution >= 0.6 is 0 Å². The van der Waals surface area contributed by atoms with Crippen molar-refractivity contribution in [1.29, 1.82) is 5.41 Å². The summed E-state index contributed by atoms with van der Waals surface area (Å²) >= 11 is 0. The zero-order valence-corrected chi connectivity index (χ0v) is 13.3. The van der Waals surface area contributed by atoms with Crippen molar-refractivity contribution in [3.63, 3.8) is 0 Å². The van der Waals surface area contributed by atoms with Gasteiger partial charge in [0.2, 0.25) is 0 Å². The number of ether oxygens (including phenoxy) is 1. The van der Waals surface area contributed by atoms with Gasteiger partial charge in [-0.2, -0.15) is 0 Å². The summed E-state index contributed by atoms with van der Waals surface area (Å²) in [7, 11) is 0. The Balaban J connectivity index is 1.65. The van der Waals surface area contributed by atoms with Gasteiger partial charge < -0.3 is 15.4 Å². The second kappa shape index (κ2) is 7.28. The highest BCUT2D eigenvalue weighted by atomic mass is 16.5. The first-order valence-corrected chi connectivity index (χ1v) is 7.57. The summed E-state index contributed by atoms with van der Waals surface area (Å²) in [6, 6.07) is 20.8. The third kappa shape index (κ3) is 4.33. The molecule has 1 heterocycles. The molecule has 120 valence electrons. The number of nitrogens with zero attached hydrogens (tertiary/aromatic N) is 1. The molecule has 0 spiro atoms. The van der Waals surface area contributed by atoms with Crippen LogP contribution in [0.3, 0.4) is 0 Å². The van der Waals surface area contributed by atoms with Crippen molar-refractivity contribution in [2.24, 2.45) is 0 Å². The Morgan fingerprint density at radius 3 is 2.50 bits per heavy atom. The van der Waals surface area contributed by atoms with Gasteiger partial charge >= 0.3 is 0 Å². The lowest BCUT2D eigenvalue weighted by Crippen LogP contribution is -2.21. The summed E-state index contributed by atoms with van der Waals surface area (Å²) in [6.45, 7) is 1.98. The molecule has 0 bridgehead atoms. The van der Waals surface area contributed by atoms with Gasteiger partial charge in [-0.3, -0.25) is 5.41 Å². The molecule has 0 fully saturated rings. The number of hydrogen-bond acceptors (Lipinski definition) is 3. The maximum atomic E-state index is 8.02. The van der Waals surface area contributed by atoms with E-state index < -0.39 is 0 Å². The molecule has 3 aromatic rings. The number of aryl methyl sites for hydroxylation is 1. The Hall–Kier alpha value is -3.34. The zero-order chi connectivity index (χ0) is 16.8. The van der Waals surface area contributed by atoms with Crippen molar-refractivity contribution in [3.8, 4) is 11.5 Å². The molecule has 2 aromatic carbocycles. The number of benzene rings is 2. The van der Waals surface area contributed by atoms with Crippen LogP contribution in [-0.4, -0.2) is 10.9 Å². The third-order valence-electron chi connectivity index (χ3n) is 3.25. The number of guanidine groups is 1. The van der Waals surface area contributed by atoms with E-state index >= 15 is 0 Å². The summed E-state index contributed by atoms with van der Waals surface area (Å²) in [4.78, 5) is 4.18. The Labute approximate surface area is 140 Å². The molecule has 0 saturated carbocycles. The van der Waals surface area contributed by atoms with Gasteiger partial charge in [0.15, 0.2) is 5.96 Å². The molecule has 24 heavy (non-hydrogen) atoms.